The van der Waals surface area contributed by atoms with Crippen LogP contribution in [0.15, 0.2) is 58.4 Å². The number of nitrogens with zero attached hydrogens (tertiary/aromatic N) is 3. The van der Waals surface area contributed by atoms with Gasteiger partial charge in [0.15, 0.2) is 17.3 Å². The molecule has 35 heavy (non-hydrogen) atoms. The van der Waals surface area contributed by atoms with Gasteiger partial charge in [0.2, 0.25) is 11.2 Å². The number of morpholine rings is 1. The van der Waals surface area contributed by atoms with Gasteiger partial charge in [-0.1, -0.05) is 18.2 Å². The Labute approximate surface area is 205 Å². The van der Waals surface area contributed by atoms with Crippen molar-refractivity contribution >= 4 is 27.1 Å². The average Bonchev–Trinajstić information content (AvgIpc) is 3.02. The van der Waals surface area contributed by atoms with Gasteiger partial charge in [0.25, 0.3) is 5.91 Å². The number of hydrogen-bond acceptors (Lipinski definition) is 6. The fraction of sp³-hybridized carbons (Fsp3) is 0.250. The van der Waals surface area contributed by atoms with E-state index >= 15 is 0 Å². The molecule has 1 aromatic heterocycles. The normalized spacial score (nSPS) is 20.9. The maximum absolute atomic E-state index is 14.7. The Kier molecular flexibility index (Phi) is 5.55. The fourth-order valence-corrected chi connectivity index (χ4v) is 6.37. The van der Waals surface area contributed by atoms with Gasteiger partial charge in [0.1, 0.15) is 6.17 Å². The summed E-state index contributed by atoms with van der Waals surface area (Å²) < 4.78 is 41.6. The minimum atomic E-state index is -0.947. The van der Waals surface area contributed by atoms with Crippen molar-refractivity contribution in [1.82, 2.24) is 9.58 Å². The van der Waals surface area contributed by atoms with Crippen molar-refractivity contribution in [2.75, 3.05) is 24.8 Å². The average molecular weight is 515 g/mol. The predicted octanol–water partition coefficient (Wildman–Crippen LogP) is 3.44. The first-order chi connectivity index (χ1) is 17.0. The molecule has 3 aromatic rings. The lowest BCUT2D eigenvalue weighted by atomic mass is 9.93. The van der Waals surface area contributed by atoms with Gasteiger partial charge in [-0.05, 0) is 34.9 Å². The first kappa shape index (κ1) is 22.5. The van der Waals surface area contributed by atoms with E-state index in [-0.39, 0.29) is 24.0 Å². The van der Waals surface area contributed by atoms with Crippen LogP contribution in [0.25, 0.3) is 0 Å². The predicted molar refractivity (Wildman–Crippen MR) is 129 cm³/mol. The van der Waals surface area contributed by atoms with Crippen LogP contribution in [-0.4, -0.2) is 41.4 Å². The highest BCUT2D eigenvalue weighted by Crippen LogP contribution is 2.44. The molecule has 3 aliphatic heterocycles. The number of thioether (sulfide) groups is 1. The third-order valence-corrected chi connectivity index (χ3v) is 7.99. The van der Waals surface area contributed by atoms with Gasteiger partial charge >= 0.3 is 0 Å². The Morgan fingerprint density at radius 2 is 1.89 bits per heavy atom. The van der Waals surface area contributed by atoms with Crippen molar-refractivity contribution in [3.63, 3.8) is 0 Å². The van der Waals surface area contributed by atoms with E-state index in [0.717, 1.165) is 10.5 Å². The lowest BCUT2D eigenvalue weighted by Crippen LogP contribution is -2.66. The summed E-state index contributed by atoms with van der Waals surface area (Å²) in [6.07, 6.45) is 0.972. The topological polar surface area (TPSA) is 64.0 Å². The largest absolute Gasteiger partial charge is 0.474 e. The molecule has 3 atom stereocenters. The molecule has 2 aromatic carbocycles. The maximum Gasteiger partial charge on any atom is 0.278 e. The number of hydrogen-bond donors (Lipinski definition) is 0. The van der Waals surface area contributed by atoms with Gasteiger partial charge in [0, 0.05) is 29.5 Å². The summed E-state index contributed by atoms with van der Waals surface area (Å²) in [7, 11) is 2.03. The number of amides is 1. The molecule has 0 spiro atoms. The quantitative estimate of drug-likeness (QED) is 0.488. The third kappa shape index (κ3) is 3.46. The number of carbonyl (C=O) groups is 1. The van der Waals surface area contributed by atoms with E-state index in [0.29, 0.717) is 30.0 Å². The van der Waals surface area contributed by atoms with Crippen LogP contribution in [-0.2, 0) is 10.5 Å². The van der Waals surface area contributed by atoms with Gasteiger partial charge in [-0.15, -0.1) is 11.8 Å². The first-order valence-corrected chi connectivity index (χ1v) is 12.4. The number of halogens is 2. The van der Waals surface area contributed by atoms with Gasteiger partial charge in [-0.3, -0.25) is 19.3 Å². The molecule has 0 N–H and O–H groups in total. The van der Waals surface area contributed by atoms with E-state index in [1.807, 2.05) is 38.7 Å². The van der Waals surface area contributed by atoms with Gasteiger partial charge < -0.3 is 14.2 Å². The molecule has 1 saturated heterocycles. The van der Waals surface area contributed by atoms with Crippen LogP contribution >= 0.6 is 21.2 Å². The molecule has 3 aliphatic rings. The summed E-state index contributed by atoms with van der Waals surface area (Å²) >= 11 is 1.54. The van der Waals surface area contributed by atoms with Crippen LogP contribution in [0.1, 0.15) is 33.2 Å². The lowest BCUT2D eigenvalue weighted by molar-refractivity contribution is -0.0196. The number of aromatic nitrogens is 1. The molecule has 0 radical (unpaired) electrons. The van der Waals surface area contributed by atoms with Crippen LogP contribution in [0.4, 0.5) is 8.78 Å². The van der Waals surface area contributed by atoms with Crippen LogP contribution in [0, 0.1) is 11.6 Å². The van der Waals surface area contributed by atoms with Crippen LogP contribution in [0.3, 0.4) is 0 Å². The van der Waals surface area contributed by atoms with Crippen LogP contribution in [0.2, 0.25) is 0 Å². The molecule has 7 nitrogen and oxygen atoms in total. The van der Waals surface area contributed by atoms with Crippen molar-refractivity contribution in [3.05, 3.63) is 92.9 Å². The molecule has 0 saturated carbocycles. The highest BCUT2D eigenvalue weighted by molar-refractivity contribution is 7.98. The molecular weight excluding hydrogens is 495 g/mol. The van der Waals surface area contributed by atoms with Crippen molar-refractivity contribution in [1.29, 1.82) is 0 Å². The van der Waals surface area contributed by atoms with E-state index in [1.165, 1.54) is 24.4 Å². The van der Waals surface area contributed by atoms with Gasteiger partial charge in [-0.25, -0.2) is 8.78 Å². The number of pyridine rings is 1. The second kappa shape index (κ2) is 8.62. The monoisotopic (exact) mass is 515 g/mol. The number of rotatable bonds is 2. The van der Waals surface area contributed by atoms with Gasteiger partial charge in [0.05, 0.1) is 28.7 Å². The van der Waals surface area contributed by atoms with Crippen molar-refractivity contribution in [2.45, 2.75) is 22.9 Å². The summed E-state index contributed by atoms with van der Waals surface area (Å²) in [5, 5.41) is 1.91. The Hall–Kier alpha value is -2.94. The Morgan fingerprint density at radius 1 is 1.09 bits per heavy atom. The molecule has 1 unspecified atom stereocenters. The van der Waals surface area contributed by atoms with Gasteiger partial charge in [-0.2, -0.15) is 0 Å². The summed E-state index contributed by atoms with van der Waals surface area (Å²) in [6, 6.07) is 10.9. The SMILES string of the molecule is O=C1c2c(OP)c(=O)ccn2N([C@H]2c3cc(F)c(F)cc3CSc3ccccc32)[C@@H]2COCCN12. The summed E-state index contributed by atoms with van der Waals surface area (Å²) in [4.78, 5) is 28.7. The smallest absolute Gasteiger partial charge is 0.278 e. The van der Waals surface area contributed by atoms with Crippen LogP contribution in [0.5, 0.6) is 5.75 Å². The molecule has 11 heteroatoms. The van der Waals surface area contributed by atoms with E-state index < -0.39 is 29.3 Å². The zero-order chi connectivity index (χ0) is 24.3. The van der Waals surface area contributed by atoms with Crippen molar-refractivity contribution < 1.29 is 22.8 Å². The lowest BCUT2D eigenvalue weighted by Gasteiger charge is -2.51. The fourth-order valence-electron chi connectivity index (χ4n) is 5.06. The molecule has 0 bridgehead atoms. The second-order valence-electron chi connectivity index (χ2n) is 8.45. The van der Waals surface area contributed by atoms with Crippen molar-refractivity contribution in [2.24, 2.45) is 0 Å². The Morgan fingerprint density at radius 3 is 2.71 bits per heavy atom. The number of fused-ring (bicyclic) bond motifs is 4. The summed E-state index contributed by atoms with van der Waals surface area (Å²) in [6.45, 7) is 0.865. The third-order valence-electron chi connectivity index (χ3n) is 6.61. The second-order valence-corrected chi connectivity index (χ2v) is 9.70. The van der Waals surface area contributed by atoms with E-state index in [9.17, 15) is 18.4 Å². The number of ether oxygens (including phenoxy) is 1. The highest BCUT2D eigenvalue weighted by Gasteiger charge is 2.46. The molecule has 6 rings (SSSR count). The Bertz CT molecular complexity index is 1420. The zero-order valence-corrected chi connectivity index (χ0v) is 20.3. The Balaban J connectivity index is 1.67. The molecule has 4 heterocycles. The van der Waals surface area contributed by atoms with E-state index in [1.54, 1.807) is 21.3 Å². The van der Waals surface area contributed by atoms with E-state index in [4.69, 9.17) is 9.26 Å². The number of carbonyl (C=O) groups excluding carboxylic acids is 1. The molecule has 1 amide bonds. The van der Waals surface area contributed by atoms with Crippen molar-refractivity contribution in [3.8, 4) is 5.75 Å². The molecular formula is C24H20F2N3O4PS. The first-order valence-electron chi connectivity index (χ1n) is 11.0. The number of benzene rings is 2. The zero-order valence-electron chi connectivity index (χ0n) is 18.3. The van der Waals surface area contributed by atoms with Crippen LogP contribution < -0.4 is 15.0 Å². The standard InChI is InChI=1S/C24H20F2N3O4PS/c25-16-9-13-12-35-19-4-2-1-3-14(19)21(15(13)10-17(16)26)29-20-11-32-8-7-27(20)24(31)22-23(33-34)18(30)5-6-28(22)29/h1-6,9-10,20-21H,7-8,11-12,34H2/t20-,21-/m1/s1. The maximum atomic E-state index is 14.7. The minimum absolute atomic E-state index is 0.0733. The summed E-state index contributed by atoms with van der Waals surface area (Å²) in [5.41, 5.74) is 1.75. The molecule has 1 fully saturated rings. The summed E-state index contributed by atoms with van der Waals surface area (Å²) in [5.74, 6) is -1.86. The van der Waals surface area contributed by atoms with E-state index in [2.05, 4.69) is 0 Å². The molecule has 0 aliphatic carbocycles. The highest BCUT2D eigenvalue weighted by atomic mass is 32.2. The molecule has 180 valence electrons. The minimum Gasteiger partial charge on any atom is -0.474 e.